The average molecular weight is 569 g/mol. The molecule has 0 heterocycles. The molecule has 238 valence electrons. The molecule has 0 fully saturated rings. The molecule has 0 rings (SSSR count). The maximum atomic E-state index is 12.1. The molecule has 0 saturated heterocycles. The molecule has 5 heteroatoms. The standard InChI is InChI=1S/C35H68O5/c1-5-31(3)25-21-17-13-9-7-8-10-16-20-24-28-35(38)40-33(29-36)30-39-34(37)27-23-19-15-12-11-14-18-22-26-32(4)6-2/h31-33,36H,5-30H2,1-4H3/t31?,32?,33-/m0/s1. The lowest BCUT2D eigenvalue weighted by Gasteiger charge is -2.15. The summed E-state index contributed by atoms with van der Waals surface area (Å²) < 4.78 is 10.6. The van der Waals surface area contributed by atoms with Crippen LogP contribution in [0.1, 0.15) is 182 Å². The van der Waals surface area contributed by atoms with Crippen molar-refractivity contribution in [1.82, 2.24) is 0 Å². The Morgan fingerprint density at radius 3 is 1.27 bits per heavy atom. The summed E-state index contributed by atoms with van der Waals surface area (Å²) in [5.41, 5.74) is 0. The molecule has 40 heavy (non-hydrogen) atoms. The number of hydrogen-bond acceptors (Lipinski definition) is 5. The first-order valence-electron chi connectivity index (χ1n) is 17.4. The monoisotopic (exact) mass is 569 g/mol. The topological polar surface area (TPSA) is 72.8 Å². The Balaban J connectivity index is 3.57. The van der Waals surface area contributed by atoms with Crippen LogP contribution in [0.3, 0.4) is 0 Å². The molecular formula is C35H68O5. The molecule has 0 aromatic rings. The highest BCUT2D eigenvalue weighted by Gasteiger charge is 2.16. The van der Waals surface area contributed by atoms with Gasteiger partial charge in [-0.3, -0.25) is 9.59 Å². The Kier molecular flexibility index (Phi) is 28.6. The molecule has 2 unspecified atom stereocenters. The number of aliphatic hydroxyl groups excluding tert-OH is 1. The van der Waals surface area contributed by atoms with Crippen molar-refractivity contribution in [2.45, 2.75) is 188 Å². The predicted molar refractivity (Wildman–Crippen MR) is 168 cm³/mol. The van der Waals surface area contributed by atoms with Gasteiger partial charge >= 0.3 is 11.9 Å². The van der Waals surface area contributed by atoms with E-state index in [4.69, 9.17) is 9.47 Å². The highest BCUT2D eigenvalue weighted by molar-refractivity contribution is 5.70. The van der Waals surface area contributed by atoms with Crippen LogP contribution < -0.4 is 0 Å². The molecule has 0 radical (unpaired) electrons. The predicted octanol–water partition coefficient (Wildman–Crippen LogP) is 10.1. The third kappa shape index (κ3) is 27.1. The number of ether oxygens (including phenoxy) is 2. The van der Waals surface area contributed by atoms with Gasteiger partial charge in [-0.2, -0.15) is 0 Å². The van der Waals surface area contributed by atoms with E-state index in [1.54, 1.807) is 0 Å². The number of hydrogen-bond donors (Lipinski definition) is 1. The molecule has 0 aliphatic rings. The highest BCUT2D eigenvalue weighted by atomic mass is 16.6. The number of unbranched alkanes of at least 4 members (excludes halogenated alkanes) is 16. The van der Waals surface area contributed by atoms with E-state index in [0.717, 1.165) is 50.4 Å². The zero-order valence-electron chi connectivity index (χ0n) is 27.2. The molecule has 0 bridgehead atoms. The fraction of sp³-hybridized carbons (Fsp3) is 0.943. The van der Waals surface area contributed by atoms with Crippen LogP contribution in [0, 0.1) is 11.8 Å². The summed E-state index contributed by atoms with van der Waals surface area (Å²) in [6.07, 6.45) is 27.2. The second-order valence-corrected chi connectivity index (χ2v) is 12.4. The Morgan fingerprint density at radius 2 is 0.900 bits per heavy atom. The highest BCUT2D eigenvalue weighted by Crippen LogP contribution is 2.17. The molecule has 0 spiro atoms. The summed E-state index contributed by atoms with van der Waals surface area (Å²) in [6.45, 7) is 8.84. The third-order valence-electron chi connectivity index (χ3n) is 8.48. The van der Waals surface area contributed by atoms with Crippen LogP contribution in [0.15, 0.2) is 0 Å². The van der Waals surface area contributed by atoms with Gasteiger partial charge in [-0.25, -0.2) is 0 Å². The van der Waals surface area contributed by atoms with Crippen LogP contribution in [0.2, 0.25) is 0 Å². The molecule has 5 nitrogen and oxygen atoms in total. The zero-order chi connectivity index (χ0) is 29.7. The first-order chi connectivity index (χ1) is 19.4. The van der Waals surface area contributed by atoms with Crippen LogP contribution >= 0.6 is 0 Å². The van der Waals surface area contributed by atoms with Crippen LogP contribution in [0.4, 0.5) is 0 Å². The largest absolute Gasteiger partial charge is 0.462 e. The third-order valence-corrected chi connectivity index (χ3v) is 8.48. The number of esters is 2. The van der Waals surface area contributed by atoms with Gasteiger partial charge in [-0.15, -0.1) is 0 Å². The minimum atomic E-state index is -0.762. The Hall–Kier alpha value is -1.10. The first-order valence-corrected chi connectivity index (χ1v) is 17.4. The van der Waals surface area contributed by atoms with Crippen molar-refractivity contribution in [3.05, 3.63) is 0 Å². The normalized spacial score (nSPS) is 13.6. The van der Waals surface area contributed by atoms with Crippen molar-refractivity contribution in [1.29, 1.82) is 0 Å². The zero-order valence-corrected chi connectivity index (χ0v) is 27.2. The van der Waals surface area contributed by atoms with Gasteiger partial charge in [0.2, 0.25) is 0 Å². The maximum Gasteiger partial charge on any atom is 0.306 e. The van der Waals surface area contributed by atoms with Crippen molar-refractivity contribution < 1.29 is 24.2 Å². The molecule has 0 saturated carbocycles. The van der Waals surface area contributed by atoms with Crippen LogP contribution in [-0.2, 0) is 19.1 Å². The van der Waals surface area contributed by atoms with Gasteiger partial charge in [0.25, 0.3) is 0 Å². The summed E-state index contributed by atoms with van der Waals surface area (Å²) in [6, 6.07) is 0. The molecule has 3 atom stereocenters. The molecule has 0 aromatic carbocycles. The average Bonchev–Trinajstić information content (AvgIpc) is 2.96. The second kappa shape index (κ2) is 29.4. The number of carbonyl (C=O) groups is 2. The SMILES string of the molecule is CCC(C)CCCCCCCCCCCCC(=O)O[C@@H](CO)COC(=O)CCCCCCCCCCC(C)CC. The minimum absolute atomic E-state index is 0.0602. The van der Waals surface area contributed by atoms with E-state index in [2.05, 4.69) is 27.7 Å². The van der Waals surface area contributed by atoms with Crippen molar-refractivity contribution in [3.8, 4) is 0 Å². The van der Waals surface area contributed by atoms with Crippen molar-refractivity contribution in [2.75, 3.05) is 13.2 Å². The lowest BCUT2D eigenvalue weighted by molar-refractivity contribution is -0.161. The Morgan fingerprint density at radius 1 is 0.550 bits per heavy atom. The van der Waals surface area contributed by atoms with E-state index < -0.39 is 6.10 Å². The molecule has 1 N–H and O–H groups in total. The Bertz CT molecular complexity index is 564. The summed E-state index contributed by atoms with van der Waals surface area (Å²) in [5.74, 6) is 1.15. The molecule has 0 amide bonds. The van der Waals surface area contributed by atoms with Gasteiger partial charge in [-0.05, 0) is 24.7 Å². The van der Waals surface area contributed by atoms with E-state index in [9.17, 15) is 14.7 Å². The van der Waals surface area contributed by atoms with Gasteiger partial charge in [0.05, 0.1) is 6.61 Å². The number of carbonyl (C=O) groups excluding carboxylic acids is 2. The minimum Gasteiger partial charge on any atom is -0.462 e. The fourth-order valence-electron chi connectivity index (χ4n) is 5.03. The number of aliphatic hydroxyl groups is 1. The van der Waals surface area contributed by atoms with Crippen LogP contribution in [0.25, 0.3) is 0 Å². The molecular weight excluding hydrogens is 500 g/mol. The summed E-state index contributed by atoms with van der Waals surface area (Å²) in [7, 11) is 0. The molecule has 0 aliphatic heterocycles. The van der Waals surface area contributed by atoms with Crippen LogP contribution in [-0.4, -0.2) is 36.4 Å². The van der Waals surface area contributed by atoms with Crippen LogP contribution in [0.5, 0.6) is 0 Å². The van der Waals surface area contributed by atoms with Crippen molar-refractivity contribution >= 4 is 11.9 Å². The van der Waals surface area contributed by atoms with E-state index in [1.807, 2.05) is 0 Å². The van der Waals surface area contributed by atoms with Gasteiger partial charge in [0, 0.05) is 12.8 Å². The van der Waals surface area contributed by atoms with E-state index in [1.165, 1.54) is 103 Å². The summed E-state index contributed by atoms with van der Waals surface area (Å²) in [5, 5.41) is 9.51. The summed E-state index contributed by atoms with van der Waals surface area (Å²) >= 11 is 0. The maximum absolute atomic E-state index is 12.1. The first kappa shape index (κ1) is 38.9. The second-order valence-electron chi connectivity index (χ2n) is 12.4. The summed E-state index contributed by atoms with van der Waals surface area (Å²) in [4.78, 5) is 24.1. The fourth-order valence-corrected chi connectivity index (χ4v) is 5.03. The Labute approximate surface area is 248 Å². The van der Waals surface area contributed by atoms with Crippen molar-refractivity contribution in [2.24, 2.45) is 11.8 Å². The smallest absolute Gasteiger partial charge is 0.306 e. The molecule has 0 aromatic heterocycles. The van der Waals surface area contributed by atoms with Gasteiger partial charge in [-0.1, -0.05) is 156 Å². The lowest BCUT2D eigenvalue weighted by atomic mass is 9.99. The van der Waals surface area contributed by atoms with Gasteiger partial charge in [0.15, 0.2) is 6.10 Å². The van der Waals surface area contributed by atoms with Gasteiger partial charge in [0.1, 0.15) is 6.61 Å². The van der Waals surface area contributed by atoms with Gasteiger partial charge < -0.3 is 14.6 Å². The van der Waals surface area contributed by atoms with E-state index in [-0.39, 0.29) is 25.2 Å². The van der Waals surface area contributed by atoms with Crippen molar-refractivity contribution in [3.63, 3.8) is 0 Å². The van der Waals surface area contributed by atoms with E-state index in [0.29, 0.717) is 12.8 Å². The number of rotatable bonds is 30. The quantitative estimate of drug-likeness (QED) is 0.0689. The van der Waals surface area contributed by atoms with E-state index >= 15 is 0 Å². The molecule has 0 aliphatic carbocycles. The lowest BCUT2D eigenvalue weighted by Crippen LogP contribution is -2.28.